The molecule has 0 saturated carbocycles. The van der Waals surface area contributed by atoms with Gasteiger partial charge in [0.15, 0.2) is 0 Å². The number of aromatic nitrogens is 1. The second-order valence-corrected chi connectivity index (χ2v) is 5.14. The molecular weight excluding hydrogens is 204 g/mol. The summed E-state index contributed by atoms with van der Waals surface area (Å²) in [5, 5.41) is 0. The van der Waals surface area contributed by atoms with Crippen LogP contribution in [0.5, 0.6) is 0 Å². The molecule has 3 heteroatoms. The van der Waals surface area contributed by atoms with E-state index in [-0.39, 0.29) is 6.04 Å². The molecule has 0 spiro atoms. The number of hydrogen-bond acceptors (Lipinski definition) is 2. The molecule has 1 atom stereocenters. The Morgan fingerprint density at radius 2 is 2.27 bits per heavy atom. The second-order valence-electron chi connectivity index (χ2n) is 3.75. The van der Waals surface area contributed by atoms with Gasteiger partial charge in [0.25, 0.3) is 0 Å². The summed E-state index contributed by atoms with van der Waals surface area (Å²) in [6.07, 6.45) is 6.58. The molecule has 15 heavy (non-hydrogen) atoms. The maximum atomic E-state index is 5.97. The lowest BCUT2D eigenvalue weighted by molar-refractivity contribution is 0.667. The Hall–Kier alpha value is -0.410. The second kappa shape index (κ2) is 6.96. The van der Waals surface area contributed by atoms with Gasteiger partial charge in [-0.2, -0.15) is 11.8 Å². The number of nitrogens with zero attached hydrogens (tertiary/aromatic N) is 1. The van der Waals surface area contributed by atoms with Crippen molar-refractivity contribution in [1.82, 2.24) is 4.57 Å². The summed E-state index contributed by atoms with van der Waals surface area (Å²) in [7, 11) is 0. The van der Waals surface area contributed by atoms with E-state index in [1.807, 2.05) is 11.8 Å². The molecule has 0 fully saturated rings. The van der Waals surface area contributed by atoms with E-state index in [1.54, 1.807) is 0 Å². The van der Waals surface area contributed by atoms with Crippen molar-refractivity contribution in [2.75, 3.05) is 11.5 Å². The van der Waals surface area contributed by atoms with Gasteiger partial charge in [0.05, 0.1) is 0 Å². The minimum absolute atomic E-state index is 0.205. The first kappa shape index (κ1) is 12.7. The summed E-state index contributed by atoms with van der Waals surface area (Å²) in [6, 6.07) is 2.34. The molecule has 1 heterocycles. The van der Waals surface area contributed by atoms with Crippen molar-refractivity contribution in [3.05, 3.63) is 24.0 Å². The topological polar surface area (TPSA) is 30.9 Å². The summed E-state index contributed by atoms with van der Waals surface area (Å²) >= 11 is 2.01. The summed E-state index contributed by atoms with van der Waals surface area (Å²) in [5.74, 6) is 2.47. The number of aryl methyl sites for hydroxylation is 1. The molecule has 0 aliphatic carbocycles. The van der Waals surface area contributed by atoms with Gasteiger partial charge in [-0.25, -0.2) is 0 Å². The molecule has 0 aliphatic heterocycles. The minimum atomic E-state index is 0.205. The zero-order valence-corrected chi connectivity index (χ0v) is 10.6. The zero-order chi connectivity index (χ0) is 11.1. The Morgan fingerprint density at radius 3 is 2.93 bits per heavy atom. The van der Waals surface area contributed by atoms with Crippen molar-refractivity contribution in [3.8, 4) is 0 Å². The van der Waals surface area contributed by atoms with Crippen LogP contribution in [0.25, 0.3) is 0 Å². The Labute approximate surface area is 97.2 Å². The number of thioether (sulfide) groups is 1. The summed E-state index contributed by atoms with van der Waals surface area (Å²) in [6.45, 7) is 5.45. The van der Waals surface area contributed by atoms with Crippen LogP contribution in [0.3, 0.4) is 0 Å². The lowest BCUT2D eigenvalue weighted by atomic mass is 10.1. The van der Waals surface area contributed by atoms with E-state index in [0.717, 1.165) is 13.0 Å². The first-order valence-corrected chi connectivity index (χ1v) is 6.92. The largest absolute Gasteiger partial charge is 0.354 e. The molecule has 0 amide bonds. The standard InChI is InChI=1S/C12H22N2S/c1-3-12(13)11-6-8-14(10-11)7-5-9-15-4-2/h6,8,10,12H,3-5,7,9,13H2,1-2H3. The van der Waals surface area contributed by atoms with Gasteiger partial charge in [-0.1, -0.05) is 13.8 Å². The van der Waals surface area contributed by atoms with Crippen molar-refractivity contribution in [3.63, 3.8) is 0 Å². The monoisotopic (exact) mass is 226 g/mol. The van der Waals surface area contributed by atoms with Crippen molar-refractivity contribution >= 4 is 11.8 Å². The number of nitrogens with two attached hydrogens (primary N) is 1. The SMILES string of the molecule is CCSCCCn1ccc(C(N)CC)c1. The maximum Gasteiger partial charge on any atom is 0.0307 e. The van der Waals surface area contributed by atoms with Crippen molar-refractivity contribution in [2.45, 2.75) is 39.3 Å². The third-order valence-electron chi connectivity index (χ3n) is 2.55. The van der Waals surface area contributed by atoms with Gasteiger partial charge in [0.1, 0.15) is 0 Å². The van der Waals surface area contributed by atoms with Gasteiger partial charge in [-0.15, -0.1) is 0 Å². The molecule has 1 aromatic rings. The Bertz CT molecular complexity index is 270. The van der Waals surface area contributed by atoms with Crippen LogP contribution >= 0.6 is 11.8 Å². The molecule has 2 nitrogen and oxygen atoms in total. The Balaban J connectivity index is 2.33. The highest BCUT2D eigenvalue weighted by molar-refractivity contribution is 7.99. The van der Waals surface area contributed by atoms with Gasteiger partial charge in [-0.3, -0.25) is 0 Å². The summed E-state index contributed by atoms with van der Waals surface area (Å²) < 4.78 is 2.25. The van der Waals surface area contributed by atoms with Crippen LogP contribution in [0.2, 0.25) is 0 Å². The van der Waals surface area contributed by atoms with Gasteiger partial charge >= 0.3 is 0 Å². The fraction of sp³-hybridized carbons (Fsp3) is 0.667. The predicted octanol–water partition coefficient (Wildman–Crippen LogP) is 3.04. The highest BCUT2D eigenvalue weighted by atomic mass is 32.2. The van der Waals surface area contributed by atoms with Crippen LogP contribution < -0.4 is 5.73 Å². The Morgan fingerprint density at radius 1 is 1.47 bits per heavy atom. The molecule has 1 rings (SSSR count). The van der Waals surface area contributed by atoms with Crippen molar-refractivity contribution in [1.29, 1.82) is 0 Å². The molecular formula is C12H22N2S. The number of rotatable bonds is 7. The molecule has 0 aromatic carbocycles. The van der Waals surface area contributed by atoms with E-state index >= 15 is 0 Å². The van der Waals surface area contributed by atoms with E-state index in [1.165, 1.54) is 23.5 Å². The van der Waals surface area contributed by atoms with E-state index in [4.69, 9.17) is 5.73 Å². The van der Waals surface area contributed by atoms with Gasteiger partial charge in [0, 0.05) is 25.0 Å². The predicted molar refractivity (Wildman–Crippen MR) is 69.3 cm³/mol. The van der Waals surface area contributed by atoms with Crippen LogP contribution in [-0.4, -0.2) is 16.1 Å². The smallest absolute Gasteiger partial charge is 0.0307 e. The van der Waals surface area contributed by atoms with Gasteiger partial charge in [0.2, 0.25) is 0 Å². The minimum Gasteiger partial charge on any atom is -0.354 e. The van der Waals surface area contributed by atoms with Crippen LogP contribution in [0.1, 0.15) is 38.3 Å². The average Bonchev–Trinajstić information content (AvgIpc) is 2.72. The van der Waals surface area contributed by atoms with Gasteiger partial charge in [-0.05, 0) is 36.0 Å². The van der Waals surface area contributed by atoms with Crippen LogP contribution in [-0.2, 0) is 6.54 Å². The van der Waals surface area contributed by atoms with Crippen molar-refractivity contribution in [2.24, 2.45) is 5.73 Å². The van der Waals surface area contributed by atoms with Crippen molar-refractivity contribution < 1.29 is 0 Å². The highest BCUT2D eigenvalue weighted by Crippen LogP contribution is 2.14. The lowest BCUT2D eigenvalue weighted by Gasteiger charge is -2.05. The molecule has 0 aliphatic rings. The first-order chi connectivity index (χ1) is 7.27. The molecule has 1 unspecified atom stereocenters. The lowest BCUT2D eigenvalue weighted by Crippen LogP contribution is -2.07. The fourth-order valence-corrected chi connectivity index (χ4v) is 2.17. The summed E-state index contributed by atoms with van der Waals surface area (Å²) in [4.78, 5) is 0. The molecule has 2 N–H and O–H groups in total. The molecule has 0 saturated heterocycles. The third kappa shape index (κ3) is 4.31. The quantitative estimate of drug-likeness (QED) is 0.724. The molecule has 0 bridgehead atoms. The van der Waals surface area contributed by atoms with E-state index in [0.29, 0.717) is 0 Å². The number of hydrogen-bond donors (Lipinski definition) is 1. The third-order valence-corrected chi connectivity index (χ3v) is 3.54. The van der Waals surface area contributed by atoms with Crippen LogP contribution in [0.4, 0.5) is 0 Å². The normalized spacial score (nSPS) is 13.0. The van der Waals surface area contributed by atoms with Gasteiger partial charge < -0.3 is 10.3 Å². The average molecular weight is 226 g/mol. The summed E-state index contributed by atoms with van der Waals surface area (Å²) in [5.41, 5.74) is 7.23. The fourth-order valence-electron chi connectivity index (χ4n) is 1.55. The molecule has 1 aromatic heterocycles. The van der Waals surface area contributed by atoms with Crippen LogP contribution in [0.15, 0.2) is 18.5 Å². The van der Waals surface area contributed by atoms with E-state index < -0.39 is 0 Å². The van der Waals surface area contributed by atoms with E-state index in [2.05, 4.69) is 36.9 Å². The first-order valence-electron chi connectivity index (χ1n) is 5.77. The maximum absolute atomic E-state index is 5.97. The van der Waals surface area contributed by atoms with E-state index in [9.17, 15) is 0 Å². The van der Waals surface area contributed by atoms with Crippen LogP contribution in [0, 0.1) is 0 Å². The zero-order valence-electron chi connectivity index (χ0n) is 9.78. The molecule has 86 valence electrons. The Kier molecular flexibility index (Phi) is 5.88. The highest BCUT2D eigenvalue weighted by Gasteiger charge is 2.04. The molecule has 0 radical (unpaired) electrons.